The summed E-state index contributed by atoms with van der Waals surface area (Å²) >= 11 is -2.32. The molecule has 0 saturated heterocycles. The number of carbonyl (C=O) groups is 1. The van der Waals surface area contributed by atoms with Crippen molar-refractivity contribution < 1.29 is 18.5 Å². The van der Waals surface area contributed by atoms with Crippen molar-refractivity contribution in [3.05, 3.63) is 16.3 Å². The fourth-order valence-electron chi connectivity index (χ4n) is 0.587. The van der Waals surface area contributed by atoms with E-state index < -0.39 is 16.2 Å². The average molecular weight is 236 g/mol. The zero-order chi connectivity index (χ0) is 10.7. The fourth-order valence-corrected chi connectivity index (χ4v) is 1.73. The fraction of sp³-hybridized carbons (Fsp3) is 0. The molecule has 8 nitrogen and oxygen atoms in total. The van der Waals surface area contributed by atoms with Gasteiger partial charge in [0.1, 0.15) is 6.20 Å². The van der Waals surface area contributed by atoms with Crippen molar-refractivity contribution >= 4 is 39.1 Å². The maximum Gasteiger partial charge on any atom is 0.345 e. The van der Waals surface area contributed by atoms with Crippen LogP contribution in [0.1, 0.15) is 0 Å². The smallest absolute Gasteiger partial charge is 0.345 e. The monoisotopic (exact) mass is 236 g/mol. The molecule has 14 heavy (non-hydrogen) atoms. The summed E-state index contributed by atoms with van der Waals surface area (Å²) in [6.45, 7) is 0. The molecule has 0 fully saturated rings. The van der Waals surface area contributed by atoms with E-state index in [0.717, 1.165) is 6.20 Å². The molecule has 10 heteroatoms. The maximum absolute atomic E-state index is 10.4. The van der Waals surface area contributed by atoms with E-state index in [4.69, 9.17) is 0 Å². The molecule has 0 spiro atoms. The Hall–Kier alpha value is -1.39. The molecule has 0 radical (unpaired) electrons. The first-order valence-corrected chi connectivity index (χ1v) is 4.85. The predicted octanol–water partition coefficient (Wildman–Crippen LogP) is -0.192. The minimum Gasteiger partial charge on any atom is -0.755 e. The Kier molecular flexibility index (Phi) is 3.22. The van der Waals surface area contributed by atoms with E-state index in [2.05, 4.69) is 4.98 Å². The third-order valence-electron chi connectivity index (χ3n) is 1.11. The molecular formula is C4H2N3O5S2-. The first kappa shape index (κ1) is 10.7. The van der Waals surface area contributed by atoms with E-state index in [1.54, 1.807) is 0 Å². The lowest BCUT2D eigenvalue weighted by molar-refractivity contribution is -0.380. The largest absolute Gasteiger partial charge is 0.755 e. The van der Waals surface area contributed by atoms with Crippen LogP contribution in [0.25, 0.3) is 0 Å². The molecule has 1 aromatic rings. The number of carbonyl (C=O) groups excluding carboxylic acids is 1. The summed E-state index contributed by atoms with van der Waals surface area (Å²) in [5.74, 6) is 0. The highest BCUT2D eigenvalue weighted by atomic mass is 32.2. The van der Waals surface area contributed by atoms with Crippen LogP contribution in [-0.2, 0) is 16.1 Å². The van der Waals surface area contributed by atoms with E-state index in [0.29, 0.717) is 11.3 Å². The van der Waals surface area contributed by atoms with Crippen molar-refractivity contribution in [2.45, 2.75) is 0 Å². The lowest BCUT2D eigenvalue weighted by Gasteiger charge is -2.14. The van der Waals surface area contributed by atoms with Crippen LogP contribution in [0, 0.1) is 10.1 Å². The van der Waals surface area contributed by atoms with Gasteiger partial charge in [0.05, 0.1) is 16.2 Å². The Morgan fingerprint density at radius 1 is 1.71 bits per heavy atom. The number of thiazole rings is 1. The van der Waals surface area contributed by atoms with E-state index in [9.17, 15) is 23.7 Å². The Labute approximate surface area is 83.7 Å². The van der Waals surface area contributed by atoms with Gasteiger partial charge in [-0.3, -0.25) is 19.1 Å². The molecule has 1 heterocycles. The van der Waals surface area contributed by atoms with E-state index >= 15 is 0 Å². The molecule has 0 aromatic carbocycles. The van der Waals surface area contributed by atoms with Gasteiger partial charge >= 0.3 is 5.00 Å². The van der Waals surface area contributed by atoms with Crippen LogP contribution in [0.15, 0.2) is 6.20 Å². The number of rotatable bonds is 4. The second-order valence-electron chi connectivity index (χ2n) is 1.89. The molecule has 0 aliphatic rings. The van der Waals surface area contributed by atoms with Gasteiger partial charge in [-0.15, -0.1) is 0 Å². The van der Waals surface area contributed by atoms with Gasteiger partial charge in [0.2, 0.25) is 11.5 Å². The summed E-state index contributed by atoms with van der Waals surface area (Å²) in [7, 11) is 0. The van der Waals surface area contributed by atoms with Crippen LogP contribution in [-0.4, -0.2) is 25.1 Å². The molecule has 0 aliphatic carbocycles. The highest BCUT2D eigenvalue weighted by Gasteiger charge is 2.16. The Morgan fingerprint density at radius 2 is 2.36 bits per heavy atom. The SMILES string of the molecule is O=CN(c1ncc([N+](=O)[O-])s1)S(=O)[O-]. The predicted molar refractivity (Wildman–Crippen MR) is 46.2 cm³/mol. The summed E-state index contributed by atoms with van der Waals surface area (Å²) in [6.07, 6.45) is 0.884. The van der Waals surface area contributed by atoms with Gasteiger partial charge < -0.3 is 4.55 Å². The summed E-state index contributed by atoms with van der Waals surface area (Å²) in [5.41, 5.74) is 0. The van der Waals surface area contributed by atoms with Gasteiger partial charge in [-0.1, -0.05) is 0 Å². The summed E-state index contributed by atoms with van der Waals surface area (Å²) in [4.78, 5) is 23.1. The van der Waals surface area contributed by atoms with E-state index in [-0.39, 0.29) is 20.8 Å². The normalized spacial score (nSPS) is 12.1. The lowest BCUT2D eigenvalue weighted by atomic mass is 10.9. The third-order valence-corrected chi connectivity index (χ3v) is 2.75. The van der Waals surface area contributed by atoms with Crippen LogP contribution >= 0.6 is 11.3 Å². The van der Waals surface area contributed by atoms with E-state index in [1.165, 1.54) is 0 Å². The molecule has 1 aromatic heterocycles. The summed E-state index contributed by atoms with van der Waals surface area (Å²) < 4.78 is 21.1. The number of hydrogen-bond acceptors (Lipinski definition) is 7. The van der Waals surface area contributed by atoms with Crippen LogP contribution in [0.2, 0.25) is 0 Å². The lowest BCUT2D eigenvalue weighted by Crippen LogP contribution is -2.22. The zero-order valence-electron chi connectivity index (χ0n) is 6.35. The van der Waals surface area contributed by atoms with Gasteiger partial charge in [-0.25, -0.2) is 9.29 Å². The summed E-state index contributed by atoms with van der Waals surface area (Å²) in [5, 5.41) is 9.61. The second kappa shape index (κ2) is 4.21. The molecule has 1 rings (SSSR count). The molecule has 76 valence electrons. The highest BCUT2D eigenvalue weighted by molar-refractivity contribution is 7.81. The molecule has 0 aliphatic heterocycles. The number of anilines is 1. The molecule has 1 amide bonds. The Bertz CT molecular complexity index is 390. The Morgan fingerprint density at radius 3 is 2.71 bits per heavy atom. The molecule has 0 saturated carbocycles. The molecule has 0 N–H and O–H groups in total. The second-order valence-corrected chi connectivity index (χ2v) is 3.70. The van der Waals surface area contributed by atoms with Gasteiger partial charge in [-0.2, -0.15) is 0 Å². The van der Waals surface area contributed by atoms with Crippen molar-refractivity contribution in [2.24, 2.45) is 0 Å². The molecule has 0 bridgehead atoms. The van der Waals surface area contributed by atoms with Gasteiger partial charge in [0, 0.05) is 0 Å². The van der Waals surface area contributed by atoms with Crippen LogP contribution in [0.4, 0.5) is 10.1 Å². The van der Waals surface area contributed by atoms with Gasteiger partial charge in [-0.05, 0) is 11.3 Å². The first-order valence-electron chi connectivity index (χ1n) is 3.00. The Balaban J connectivity index is 3.00. The van der Waals surface area contributed by atoms with Crippen molar-refractivity contribution in [1.29, 1.82) is 0 Å². The maximum atomic E-state index is 10.4. The molecule has 1 atom stereocenters. The van der Waals surface area contributed by atoms with Gasteiger partial charge in [0.25, 0.3) is 0 Å². The summed E-state index contributed by atoms with van der Waals surface area (Å²) in [6, 6.07) is 0. The number of nitro groups is 1. The zero-order valence-corrected chi connectivity index (χ0v) is 7.99. The van der Waals surface area contributed by atoms with Crippen LogP contribution < -0.4 is 4.31 Å². The number of aromatic nitrogens is 1. The molecule has 1 unspecified atom stereocenters. The van der Waals surface area contributed by atoms with Crippen LogP contribution in [0.3, 0.4) is 0 Å². The third kappa shape index (κ3) is 2.10. The minimum atomic E-state index is -2.81. The first-order chi connectivity index (χ1) is 6.56. The minimum absolute atomic E-state index is 0.00563. The van der Waals surface area contributed by atoms with Crippen molar-refractivity contribution in [3.63, 3.8) is 0 Å². The highest BCUT2D eigenvalue weighted by Crippen LogP contribution is 2.27. The van der Waals surface area contributed by atoms with Gasteiger partial charge in [0.15, 0.2) is 0 Å². The van der Waals surface area contributed by atoms with Crippen LogP contribution in [0.5, 0.6) is 0 Å². The molecular weight excluding hydrogens is 234 g/mol. The van der Waals surface area contributed by atoms with Crippen molar-refractivity contribution in [3.8, 4) is 0 Å². The quantitative estimate of drug-likeness (QED) is 0.309. The number of amides is 1. The van der Waals surface area contributed by atoms with Crippen molar-refractivity contribution in [1.82, 2.24) is 4.98 Å². The van der Waals surface area contributed by atoms with Crippen molar-refractivity contribution in [2.75, 3.05) is 4.31 Å². The topological polar surface area (TPSA) is 116 Å². The standard InChI is InChI=1S/C4H3N3O5S2/c8-2-6(14(11)12)4-5-1-3(13-4)7(9)10/h1-2H,(H,11,12)/p-1. The van der Waals surface area contributed by atoms with E-state index in [1.807, 2.05) is 0 Å². The number of nitrogens with zero attached hydrogens (tertiary/aromatic N) is 3. The average Bonchev–Trinajstić information content (AvgIpc) is 2.53. The number of hydrogen-bond donors (Lipinski definition) is 0.